The highest BCUT2D eigenvalue weighted by Crippen LogP contribution is 1.97. The number of esters is 1. The van der Waals surface area contributed by atoms with Crippen LogP contribution in [0.3, 0.4) is 0 Å². The van der Waals surface area contributed by atoms with E-state index in [0.717, 1.165) is 6.54 Å². The number of hydrogen-bond donors (Lipinski definition) is 1. The van der Waals surface area contributed by atoms with Crippen LogP contribution in [-0.4, -0.2) is 48.8 Å². The normalized spacial score (nSPS) is 13.0. The highest BCUT2D eigenvalue weighted by atomic mass is 16.5. The molecule has 0 aliphatic carbocycles. The first kappa shape index (κ1) is 12.4. The molecular formula is C9H19NO3. The Bertz CT molecular complexity index is 150. The van der Waals surface area contributed by atoms with Crippen molar-refractivity contribution in [3.05, 3.63) is 0 Å². The van der Waals surface area contributed by atoms with Crippen LogP contribution in [0.4, 0.5) is 0 Å². The second kappa shape index (κ2) is 6.86. The largest absolute Gasteiger partial charge is 0.466 e. The molecule has 0 aliphatic rings. The minimum Gasteiger partial charge on any atom is -0.466 e. The molecule has 0 saturated carbocycles. The summed E-state index contributed by atoms with van der Waals surface area (Å²) in [6.07, 6.45) is -0.540. The van der Waals surface area contributed by atoms with E-state index in [4.69, 9.17) is 4.74 Å². The van der Waals surface area contributed by atoms with Gasteiger partial charge in [-0.05, 0) is 20.5 Å². The molecule has 0 heterocycles. The number of nitrogens with zero attached hydrogens (tertiary/aromatic N) is 1. The van der Waals surface area contributed by atoms with Crippen LogP contribution in [0.25, 0.3) is 0 Å². The molecule has 4 nitrogen and oxygen atoms in total. The van der Waals surface area contributed by atoms with E-state index >= 15 is 0 Å². The van der Waals surface area contributed by atoms with Gasteiger partial charge in [-0.3, -0.25) is 4.79 Å². The van der Waals surface area contributed by atoms with Gasteiger partial charge in [-0.1, -0.05) is 6.92 Å². The van der Waals surface area contributed by atoms with E-state index in [1.54, 1.807) is 6.92 Å². The van der Waals surface area contributed by atoms with E-state index < -0.39 is 6.10 Å². The van der Waals surface area contributed by atoms with Crippen molar-refractivity contribution in [3.8, 4) is 0 Å². The van der Waals surface area contributed by atoms with E-state index in [1.807, 2.05) is 18.9 Å². The SMILES string of the molecule is CCOC(=O)CC(O)CN(C)CC. The summed E-state index contributed by atoms with van der Waals surface area (Å²) < 4.78 is 4.71. The van der Waals surface area contributed by atoms with Gasteiger partial charge in [0, 0.05) is 6.54 Å². The van der Waals surface area contributed by atoms with Crippen LogP contribution in [0.1, 0.15) is 20.3 Å². The van der Waals surface area contributed by atoms with E-state index in [1.165, 1.54) is 0 Å². The number of aliphatic hydroxyl groups excluding tert-OH is 1. The van der Waals surface area contributed by atoms with Crippen LogP contribution < -0.4 is 0 Å². The zero-order chi connectivity index (χ0) is 10.3. The Balaban J connectivity index is 3.60. The molecule has 1 N–H and O–H groups in total. The summed E-state index contributed by atoms with van der Waals surface area (Å²) in [6, 6.07) is 0. The quantitative estimate of drug-likeness (QED) is 0.609. The second-order valence-corrected chi connectivity index (χ2v) is 3.02. The lowest BCUT2D eigenvalue weighted by atomic mass is 10.2. The fourth-order valence-corrected chi connectivity index (χ4v) is 0.966. The van der Waals surface area contributed by atoms with Gasteiger partial charge in [0.05, 0.1) is 19.1 Å². The molecule has 0 aromatic heterocycles. The first-order valence-corrected chi connectivity index (χ1v) is 4.62. The van der Waals surface area contributed by atoms with Gasteiger partial charge < -0.3 is 14.7 Å². The molecule has 0 bridgehead atoms. The molecule has 13 heavy (non-hydrogen) atoms. The monoisotopic (exact) mass is 189 g/mol. The smallest absolute Gasteiger partial charge is 0.308 e. The second-order valence-electron chi connectivity index (χ2n) is 3.02. The number of carbonyl (C=O) groups is 1. The van der Waals surface area contributed by atoms with Gasteiger partial charge in [0.15, 0.2) is 0 Å². The zero-order valence-corrected chi connectivity index (χ0v) is 8.62. The van der Waals surface area contributed by atoms with Crippen molar-refractivity contribution < 1.29 is 14.6 Å². The molecule has 0 saturated heterocycles. The fourth-order valence-electron chi connectivity index (χ4n) is 0.966. The molecule has 0 fully saturated rings. The van der Waals surface area contributed by atoms with Gasteiger partial charge in [0.2, 0.25) is 0 Å². The van der Waals surface area contributed by atoms with E-state index in [2.05, 4.69) is 0 Å². The first-order valence-electron chi connectivity index (χ1n) is 4.62. The van der Waals surface area contributed by atoms with Crippen molar-refractivity contribution in [2.24, 2.45) is 0 Å². The maximum atomic E-state index is 10.9. The van der Waals surface area contributed by atoms with Crippen molar-refractivity contribution in [1.29, 1.82) is 0 Å². The number of aliphatic hydroxyl groups is 1. The molecule has 0 aromatic carbocycles. The fraction of sp³-hybridized carbons (Fsp3) is 0.889. The summed E-state index contributed by atoms with van der Waals surface area (Å²) >= 11 is 0. The Morgan fingerprint density at radius 2 is 2.15 bits per heavy atom. The molecule has 1 unspecified atom stereocenters. The number of hydrogen-bond acceptors (Lipinski definition) is 4. The third kappa shape index (κ3) is 6.54. The van der Waals surface area contributed by atoms with Crippen LogP contribution in [0.2, 0.25) is 0 Å². The predicted octanol–water partition coefficient (Wildman–Crippen LogP) is 0.252. The summed E-state index contributed by atoms with van der Waals surface area (Å²) in [4.78, 5) is 12.9. The van der Waals surface area contributed by atoms with Crippen LogP contribution in [0, 0.1) is 0 Å². The Hall–Kier alpha value is -0.610. The van der Waals surface area contributed by atoms with Gasteiger partial charge in [0.1, 0.15) is 0 Å². The summed E-state index contributed by atoms with van der Waals surface area (Å²) in [5.74, 6) is -0.334. The van der Waals surface area contributed by atoms with Crippen molar-refractivity contribution in [2.45, 2.75) is 26.4 Å². The lowest BCUT2D eigenvalue weighted by Gasteiger charge is -2.17. The van der Waals surface area contributed by atoms with E-state index in [-0.39, 0.29) is 12.4 Å². The maximum absolute atomic E-state index is 10.9. The summed E-state index contributed by atoms with van der Waals surface area (Å²) in [7, 11) is 1.90. The predicted molar refractivity (Wildman–Crippen MR) is 50.4 cm³/mol. The Morgan fingerprint density at radius 3 is 2.62 bits per heavy atom. The molecule has 4 heteroatoms. The molecule has 78 valence electrons. The lowest BCUT2D eigenvalue weighted by molar-refractivity contribution is -0.145. The number of ether oxygens (including phenoxy) is 1. The first-order chi connectivity index (χ1) is 6.10. The summed E-state index contributed by atoms with van der Waals surface area (Å²) in [5.41, 5.74) is 0. The van der Waals surface area contributed by atoms with E-state index in [0.29, 0.717) is 13.2 Å². The van der Waals surface area contributed by atoms with Crippen LogP contribution in [0.15, 0.2) is 0 Å². The third-order valence-electron chi connectivity index (χ3n) is 1.77. The molecule has 0 spiro atoms. The summed E-state index contributed by atoms with van der Waals surface area (Å²) in [6.45, 7) is 5.49. The summed E-state index contributed by atoms with van der Waals surface area (Å²) in [5, 5.41) is 9.41. The van der Waals surface area contributed by atoms with Crippen molar-refractivity contribution in [2.75, 3.05) is 26.7 Å². The standard InChI is InChI=1S/C9H19NO3/c1-4-10(3)7-8(11)6-9(12)13-5-2/h8,11H,4-7H2,1-3H3. The molecule has 0 aliphatic heterocycles. The molecule has 0 radical (unpaired) electrons. The highest BCUT2D eigenvalue weighted by molar-refractivity contribution is 5.69. The Morgan fingerprint density at radius 1 is 1.54 bits per heavy atom. The van der Waals surface area contributed by atoms with Crippen molar-refractivity contribution in [1.82, 2.24) is 4.90 Å². The number of likely N-dealkylation sites (N-methyl/N-ethyl adjacent to an activating group) is 1. The Kier molecular flexibility index (Phi) is 6.54. The third-order valence-corrected chi connectivity index (χ3v) is 1.77. The minimum atomic E-state index is -0.621. The van der Waals surface area contributed by atoms with Gasteiger partial charge in [-0.15, -0.1) is 0 Å². The molecule has 0 amide bonds. The average molecular weight is 189 g/mol. The van der Waals surface area contributed by atoms with Gasteiger partial charge in [-0.25, -0.2) is 0 Å². The minimum absolute atomic E-state index is 0.0815. The van der Waals surface area contributed by atoms with E-state index in [9.17, 15) is 9.90 Å². The van der Waals surface area contributed by atoms with Gasteiger partial charge in [0.25, 0.3) is 0 Å². The Labute approximate surface area is 79.5 Å². The average Bonchev–Trinajstić information content (AvgIpc) is 2.04. The molecular weight excluding hydrogens is 170 g/mol. The van der Waals surface area contributed by atoms with Crippen molar-refractivity contribution in [3.63, 3.8) is 0 Å². The zero-order valence-electron chi connectivity index (χ0n) is 8.62. The lowest BCUT2D eigenvalue weighted by Crippen LogP contribution is -2.30. The molecule has 0 rings (SSSR count). The molecule has 0 aromatic rings. The van der Waals surface area contributed by atoms with Gasteiger partial charge in [-0.2, -0.15) is 0 Å². The van der Waals surface area contributed by atoms with Gasteiger partial charge >= 0.3 is 5.97 Å². The van der Waals surface area contributed by atoms with Crippen LogP contribution >= 0.6 is 0 Å². The van der Waals surface area contributed by atoms with Crippen LogP contribution in [0.5, 0.6) is 0 Å². The molecule has 1 atom stereocenters. The van der Waals surface area contributed by atoms with Crippen LogP contribution in [-0.2, 0) is 9.53 Å². The maximum Gasteiger partial charge on any atom is 0.308 e. The van der Waals surface area contributed by atoms with Crippen molar-refractivity contribution >= 4 is 5.97 Å². The number of carbonyl (C=O) groups excluding carboxylic acids is 1. The highest BCUT2D eigenvalue weighted by Gasteiger charge is 2.12. The number of rotatable bonds is 6. The topological polar surface area (TPSA) is 49.8 Å².